The van der Waals surface area contributed by atoms with E-state index < -0.39 is 0 Å². The summed E-state index contributed by atoms with van der Waals surface area (Å²) in [6.45, 7) is 7.75. The fourth-order valence-corrected chi connectivity index (χ4v) is 4.17. The highest BCUT2D eigenvalue weighted by Gasteiger charge is 2.19. The number of rotatable bonds is 7. The number of carbonyl (C=O) groups is 1. The van der Waals surface area contributed by atoms with Gasteiger partial charge >= 0.3 is 5.69 Å². The van der Waals surface area contributed by atoms with Crippen molar-refractivity contribution in [2.45, 2.75) is 58.9 Å². The second-order valence-electron chi connectivity index (χ2n) is 7.56. The van der Waals surface area contributed by atoms with Crippen LogP contribution >= 0.6 is 0 Å². The van der Waals surface area contributed by atoms with Gasteiger partial charge in [0.15, 0.2) is 0 Å². The fourth-order valence-electron chi connectivity index (χ4n) is 4.17. The van der Waals surface area contributed by atoms with Gasteiger partial charge < -0.3 is 4.90 Å². The Morgan fingerprint density at radius 1 is 1.08 bits per heavy atom. The highest BCUT2D eigenvalue weighted by atomic mass is 16.2. The molecule has 3 rings (SSSR count). The van der Waals surface area contributed by atoms with E-state index in [0.717, 1.165) is 24.4 Å². The Kier molecular flexibility index (Phi) is 6.30. The highest BCUT2D eigenvalue weighted by molar-refractivity contribution is 5.89. The van der Waals surface area contributed by atoms with E-state index in [9.17, 15) is 9.59 Å². The van der Waals surface area contributed by atoms with Gasteiger partial charge in [0.05, 0.1) is 11.0 Å². The van der Waals surface area contributed by atoms with E-state index in [1.807, 2.05) is 24.3 Å². The molecule has 0 atom stereocenters. The number of hydrogen-bond donors (Lipinski definition) is 0. The van der Waals surface area contributed by atoms with Gasteiger partial charge in [-0.05, 0) is 56.9 Å². The van der Waals surface area contributed by atoms with Crippen LogP contribution in [0.3, 0.4) is 0 Å². The largest absolute Gasteiger partial charge is 0.335 e. The molecule has 5 nitrogen and oxygen atoms in total. The average Bonchev–Trinajstić information content (AvgIpc) is 2.93. The summed E-state index contributed by atoms with van der Waals surface area (Å²) in [5, 5.41) is 0. The molecular formula is C21H31N3O2. The van der Waals surface area contributed by atoms with E-state index in [1.165, 1.54) is 56.7 Å². The van der Waals surface area contributed by atoms with Gasteiger partial charge in [0.1, 0.15) is 0 Å². The molecule has 1 aliphatic heterocycles. The van der Waals surface area contributed by atoms with Crippen LogP contribution in [-0.2, 0) is 6.54 Å². The Labute approximate surface area is 155 Å². The molecule has 2 aromatic rings. The molecule has 26 heavy (non-hydrogen) atoms. The van der Waals surface area contributed by atoms with Crippen LogP contribution in [0.4, 0.5) is 0 Å². The predicted molar refractivity (Wildman–Crippen MR) is 106 cm³/mol. The van der Waals surface area contributed by atoms with Gasteiger partial charge in [-0.25, -0.2) is 9.36 Å². The molecule has 0 bridgehead atoms. The van der Waals surface area contributed by atoms with Gasteiger partial charge in [0, 0.05) is 13.5 Å². The predicted octanol–water partition coefficient (Wildman–Crippen LogP) is 3.76. The number of aryl methyl sites for hydroxylation is 1. The van der Waals surface area contributed by atoms with Crippen LogP contribution in [0.25, 0.3) is 11.0 Å². The lowest BCUT2D eigenvalue weighted by Crippen LogP contribution is -2.35. The summed E-state index contributed by atoms with van der Waals surface area (Å²) in [6.07, 6.45) is 7.58. The number of imidazole rings is 1. The van der Waals surface area contributed by atoms with Gasteiger partial charge in [-0.2, -0.15) is 0 Å². The zero-order valence-corrected chi connectivity index (χ0v) is 16.1. The van der Waals surface area contributed by atoms with Gasteiger partial charge in [-0.3, -0.25) is 9.36 Å². The first-order chi connectivity index (χ1) is 12.6. The van der Waals surface area contributed by atoms with Crippen LogP contribution in [0.2, 0.25) is 0 Å². The lowest BCUT2D eigenvalue weighted by atomic mass is 9.91. The highest BCUT2D eigenvalue weighted by Crippen LogP contribution is 2.22. The van der Waals surface area contributed by atoms with Crippen molar-refractivity contribution in [1.82, 2.24) is 14.0 Å². The lowest BCUT2D eigenvalue weighted by molar-refractivity contribution is 0.0936. The van der Waals surface area contributed by atoms with E-state index in [4.69, 9.17) is 0 Å². The van der Waals surface area contributed by atoms with Gasteiger partial charge in [0.25, 0.3) is 0 Å². The van der Waals surface area contributed by atoms with Crippen LogP contribution in [0.1, 0.15) is 57.2 Å². The molecule has 2 heterocycles. The first kappa shape index (κ1) is 18.9. The minimum absolute atomic E-state index is 0.211. The van der Waals surface area contributed by atoms with Crippen molar-refractivity contribution < 1.29 is 4.79 Å². The number of nitrogens with zero attached hydrogens (tertiary/aromatic N) is 3. The van der Waals surface area contributed by atoms with E-state index in [-0.39, 0.29) is 11.6 Å². The maximum atomic E-state index is 12.6. The van der Waals surface area contributed by atoms with Gasteiger partial charge in [-0.1, -0.05) is 38.3 Å². The molecular weight excluding hydrogens is 326 g/mol. The SMILES string of the molecule is CCCCC1CCN(CCCn2c(=O)n(C(C)=O)c3ccccc32)CC1. The summed E-state index contributed by atoms with van der Waals surface area (Å²) in [4.78, 5) is 27.0. The third-order valence-electron chi connectivity index (χ3n) is 5.68. The first-order valence-corrected chi connectivity index (χ1v) is 10.1. The molecule has 0 radical (unpaired) electrons. The second-order valence-corrected chi connectivity index (χ2v) is 7.56. The molecule has 1 aromatic heterocycles. The van der Waals surface area contributed by atoms with Crippen molar-refractivity contribution in [3.63, 3.8) is 0 Å². The lowest BCUT2D eigenvalue weighted by Gasteiger charge is -2.32. The fraction of sp³-hybridized carbons (Fsp3) is 0.619. The number of carbonyl (C=O) groups excluding carboxylic acids is 1. The molecule has 5 heteroatoms. The van der Waals surface area contributed by atoms with Crippen LogP contribution in [0.15, 0.2) is 29.1 Å². The quantitative estimate of drug-likeness (QED) is 0.758. The third kappa shape index (κ3) is 4.09. The summed E-state index contributed by atoms with van der Waals surface area (Å²) in [7, 11) is 0. The number of piperidine rings is 1. The number of para-hydroxylation sites is 2. The molecule has 0 saturated carbocycles. The number of benzene rings is 1. The Balaban J connectivity index is 1.59. The van der Waals surface area contributed by atoms with Crippen molar-refractivity contribution in [3.05, 3.63) is 34.7 Å². The Morgan fingerprint density at radius 2 is 1.77 bits per heavy atom. The normalized spacial score (nSPS) is 16.4. The number of fused-ring (bicyclic) bond motifs is 1. The first-order valence-electron chi connectivity index (χ1n) is 10.1. The number of unbranched alkanes of at least 4 members (excludes halogenated alkanes) is 1. The zero-order valence-electron chi connectivity index (χ0n) is 16.1. The van der Waals surface area contributed by atoms with Crippen LogP contribution in [-0.4, -0.2) is 39.6 Å². The molecule has 142 valence electrons. The van der Waals surface area contributed by atoms with Crippen molar-refractivity contribution in [1.29, 1.82) is 0 Å². The minimum atomic E-state index is -0.223. The smallest absolute Gasteiger partial charge is 0.303 e. The third-order valence-corrected chi connectivity index (χ3v) is 5.68. The molecule has 0 N–H and O–H groups in total. The number of hydrogen-bond acceptors (Lipinski definition) is 3. The molecule has 1 aliphatic rings. The second kappa shape index (κ2) is 8.67. The monoisotopic (exact) mass is 357 g/mol. The molecule has 0 unspecified atom stereocenters. The maximum absolute atomic E-state index is 12.6. The van der Waals surface area contributed by atoms with Gasteiger partial charge in [0.2, 0.25) is 5.91 Å². The molecule has 1 aromatic carbocycles. The molecule has 1 fully saturated rings. The molecule has 0 aliphatic carbocycles. The van der Waals surface area contributed by atoms with E-state index >= 15 is 0 Å². The Bertz CT molecular complexity index is 797. The van der Waals surface area contributed by atoms with Crippen molar-refractivity contribution >= 4 is 16.9 Å². The van der Waals surface area contributed by atoms with Crippen LogP contribution in [0, 0.1) is 5.92 Å². The standard InChI is InChI=1S/C21H31N3O2/c1-3-4-8-18-11-15-22(16-12-18)13-7-14-23-19-9-5-6-10-20(19)24(17(2)25)21(23)26/h5-6,9-10,18H,3-4,7-8,11-16H2,1-2H3. The zero-order chi connectivity index (χ0) is 18.5. The van der Waals surface area contributed by atoms with Crippen molar-refractivity contribution in [3.8, 4) is 0 Å². The van der Waals surface area contributed by atoms with Crippen LogP contribution < -0.4 is 5.69 Å². The van der Waals surface area contributed by atoms with Crippen molar-refractivity contribution in [2.24, 2.45) is 5.92 Å². The Hall–Kier alpha value is -1.88. The van der Waals surface area contributed by atoms with E-state index in [0.29, 0.717) is 12.1 Å². The van der Waals surface area contributed by atoms with Crippen LogP contribution in [0.5, 0.6) is 0 Å². The average molecular weight is 357 g/mol. The van der Waals surface area contributed by atoms with E-state index in [1.54, 1.807) is 4.57 Å². The molecule has 0 amide bonds. The Morgan fingerprint density at radius 3 is 2.42 bits per heavy atom. The summed E-state index contributed by atoms with van der Waals surface area (Å²) < 4.78 is 3.04. The van der Waals surface area contributed by atoms with Crippen molar-refractivity contribution in [2.75, 3.05) is 19.6 Å². The summed E-state index contributed by atoms with van der Waals surface area (Å²) >= 11 is 0. The number of aromatic nitrogens is 2. The molecule has 0 spiro atoms. The van der Waals surface area contributed by atoms with Gasteiger partial charge in [-0.15, -0.1) is 0 Å². The molecule has 1 saturated heterocycles. The topological polar surface area (TPSA) is 47.2 Å². The van der Waals surface area contributed by atoms with E-state index in [2.05, 4.69) is 11.8 Å². The minimum Gasteiger partial charge on any atom is -0.303 e. The summed E-state index contributed by atoms with van der Waals surface area (Å²) in [5.41, 5.74) is 1.35. The maximum Gasteiger partial charge on any atom is 0.335 e. The number of likely N-dealkylation sites (tertiary alicyclic amines) is 1. The summed E-state index contributed by atoms with van der Waals surface area (Å²) in [5.74, 6) is 0.682. The summed E-state index contributed by atoms with van der Waals surface area (Å²) in [6, 6.07) is 7.56.